The molecular weight excluding hydrogens is 436 g/mol. The van der Waals surface area contributed by atoms with Crippen LogP contribution in [-0.4, -0.2) is 47.1 Å². The SMILES string of the molecule is O=C(Nc1ccc(CN2CCOCC2)nc1)c1ccc2cccc(-c3cccc(Cl)c3)c2n1. The van der Waals surface area contributed by atoms with Gasteiger partial charge in [-0.3, -0.25) is 14.7 Å². The molecule has 1 amide bonds. The lowest BCUT2D eigenvalue weighted by molar-refractivity contribution is 0.0336. The number of hydrogen-bond acceptors (Lipinski definition) is 5. The number of ether oxygens (including phenoxy) is 1. The number of benzene rings is 2. The van der Waals surface area contributed by atoms with E-state index in [4.69, 9.17) is 16.3 Å². The van der Waals surface area contributed by atoms with Gasteiger partial charge in [0, 0.05) is 35.6 Å². The highest BCUT2D eigenvalue weighted by molar-refractivity contribution is 6.30. The molecule has 33 heavy (non-hydrogen) atoms. The second kappa shape index (κ2) is 9.67. The Labute approximate surface area is 197 Å². The lowest BCUT2D eigenvalue weighted by Crippen LogP contribution is -2.35. The molecule has 4 aromatic rings. The highest BCUT2D eigenvalue weighted by atomic mass is 35.5. The van der Waals surface area contributed by atoms with Crippen LogP contribution in [0, 0.1) is 0 Å². The molecule has 0 saturated carbocycles. The van der Waals surface area contributed by atoms with Gasteiger partial charge in [-0.25, -0.2) is 4.98 Å². The smallest absolute Gasteiger partial charge is 0.274 e. The van der Waals surface area contributed by atoms with Gasteiger partial charge in [0.1, 0.15) is 5.69 Å². The standard InChI is InChI=1S/C26H23ClN4O2/c27-20-5-1-4-19(15-20)23-6-2-3-18-7-10-24(30-25(18)23)26(32)29-21-8-9-22(28-16-21)17-31-11-13-33-14-12-31/h1-10,15-16H,11-14,17H2,(H,29,32). The molecule has 166 valence electrons. The summed E-state index contributed by atoms with van der Waals surface area (Å²) in [6.45, 7) is 4.10. The van der Waals surface area contributed by atoms with E-state index in [1.165, 1.54) is 0 Å². The van der Waals surface area contributed by atoms with E-state index in [0.29, 0.717) is 16.4 Å². The minimum absolute atomic E-state index is 0.277. The number of halogens is 1. The molecule has 0 bridgehead atoms. The van der Waals surface area contributed by atoms with E-state index in [2.05, 4.69) is 20.2 Å². The van der Waals surface area contributed by atoms with Gasteiger partial charge in [-0.05, 0) is 35.9 Å². The minimum atomic E-state index is -0.277. The third-order valence-corrected chi connectivity index (χ3v) is 5.90. The number of amides is 1. The van der Waals surface area contributed by atoms with Crippen molar-refractivity contribution in [2.24, 2.45) is 0 Å². The number of fused-ring (bicyclic) bond motifs is 1. The van der Waals surface area contributed by atoms with E-state index >= 15 is 0 Å². The highest BCUT2D eigenvalue weighted by Crippen LogP contribution is 2.29. The zero-order valence-corrected chi connectivity index (χ0v) is 18.8. The Morgan fingerprint density at radius 1 is 1.03 bits per heavy atom. The molecule has 0 aliphatic carbocycles. The van der Waals surface area contributed by atoms with E-state index in [1.54, 1.807) is 12.3 Å². The molecule has 1 N–H and O–H groups in total. The number of pyridine rings is 2. The Hall–Kier alpha value is -3.32. The maximum atomic E-state index is 12.9. The van der Waals surface area contributed by atoms with Crippen LogP contribution in [-0.2, 0) is 11.3 Å². The van der Waals surface area contributed by atoms with Gasteiger partial charge in [0.05, 0.1) is 36.3 Å². The average Bonchev–Trinajstić information content (AvgIpc) is 2.85. The van der Waals surface area contributed by atoms with Crippen LogP contribution in [0.3, 0.4) is 0 Å². The Morgan fingerprint density at radius 2 is 1.88 bits per heavy atom. The fraction of sp³-hybridized carbons (Fsp3) is 0.192. The topological polar surface area (TPSA) is 67.4 Å². The maximum absolute atomic E-state index is 12.9. The summed E-state index contributed by atoms with van der Waals surface area (Å²) < 4.78 is 5.39. The number of carbonyl (C=O) groups is 1. The Balaban J connectivity index is 1.34. The average molecular weight is 459 g/mol. The van der Waals surface area contributed by atoms with Gasteiger partial charge in [-0.15, -0.1) is 0 Å². The van der Waals surface area contributed by atoms with Crippen LogP contribution in [0.25, 0.3) is 22.0 Å². The van der Waals surface area contributed by atoms with Crippen LogP contribution in [0.5, 0.6) is 0 Å². The van der Waals surface area contributed by atoms with Crippen molar-refractivity contribution >= 4 is 34.1 Å². The first-order valence-corrected chi connectivity index (χ1v) is 11.3. The van der Waals surface area contributed by atoms with Gasteiger partial charge in [0.2, 0.25) is 0 Å². The monoisotopic (exact) mass is 458 g/mol. The van der Waals surface area contributed by atoms with Gasteiger partial charge >= 0.3 is 0 Å². The molecule has 1 aliphatic rings. The quantitative estimate of drug-likeness (QED) is 0.454. The lowest BCUT2D eigenvalue weighted by Gasteiger charge is -2.26. The largest absolute Gasteiger partial charge is 0.379 e. The van der Waals surface area contributed by atoms with Gasteiger partial charge in [-0.1, -0.05) is 48.0 Å². The van der Waals surface area contributed by atoms with Gasteiger partial charge in [0.15, 0.2) is 0 Å². The molecule has 3 heterocycles. The maximum Gasteiger partial charge on any atom is 0.274 e. The summed E-state index contributed by atoms with van der Waals surface area (Å²) in [5.74, 6) is -0.277. The molecule has 7 heteroatoms. The predicted octanol–water partition coefficient (Wildman–Crippen LogP) is 5.03. The van der Waals surface area contributed by atoms with Gasteiger partial charge in [-0.2, -0.15) is 0 Å². The first-order valence-electron chi connectivity index (χ1n) is 10.9. The van der Waals surface area contributed by atoms with Crippen LogP contribution < -0.4 is 5.32 Å². The molecule has 5 rings (SSSR count). The Bertz CT molecular complexity index is 1290. The summed E-state index contributed by atoms with van der Waals surface area (Å²) in [5.41, 5.74) is 4.58. The van der Waals surface area contributed by atoms with Crippen LogP contribution in [0.15, 0.2) is 72.9 Å². The number of para-hydroxylation sites is 1. The third-order valence-electron chi connectivity index (χ3n) is 5.66. The molecular formula is C26H23ClN4O2. The van der Waals surface area contributed by atoms with Crippen molar-refractivity contribution in [3.8, 4) is 11.1 Å². The van der Waals surface area contributed by atoms with Crippen LogP contribution in [0.2, 0.25) is 5.02 Å². The summed E-state index contributed by atoms with van der Waals surface area (Å²) in [4.78, 5) is 24.4. The highest BCUT2D eigenvalue weighted by Gasteiger charge is 2.14. The van der Waals surface area contributed by atoms with E-state index in [-0.39, 0.29) is 5.91 Å². The molecule has 1 saturated heterocycles. The summed E-state index contributed by atoms with van der Waals surface area (Å²) in [7, 11) is 0. The molecule has 0 spiro atoms. The molecule has 6 nitrogen and oxygen atoms in total. The zero-order chi connectivity index (χ0) is 22.6. The molecule has 2 aromatic heterocycles. The van der Waals surface area contributed by atoms with Crippen molar-refractivity contribution in [1.82, 2.24) is 14.9 Å². The van der Waals surface area contributed by atoms with E-state index in [9.17, 15) is 4.79 Å². The molecule has 0 atom stereocenters. The number of hydrogen-bond donors (Lipinski definition) is 1. The van der Waals surface area contributed by atoms with E-state index in [0.717, 1.165) is 60.6 Å². The molecule has 1 fully saturated rings. The number of rotatable bonds is 5. The summed E-state index contributed by atoms with van der Waals surface area (Å²) in [5, 5.41) is 4.52. The van der Waals surface area contributed by atoms with Crippen LogP contribution >= 0.6 is 11.6 Å². The minimum Gasteiger partial charge on any atom is -0.379 e. The van der Waals surface area contributed by atoms with Gasteiger partial charge in [0.25, 0.3) is 5.91 Å². The van der Waals surface area contributed by atoms with Crippen LogP contribution in [0.4, 0.5) is 5.69 Å². The van der Waals surface area contributed by atoms with E-state index in [1.807, 2.05) is 60.7 Å². The number of anilines is 1. The van der Waals surface area contributed by atoms with E-state index < -0.39 is 0 Å². The second-order valence-electron chi connectivity index (χ2n) is 7.96. The van der Waals surface area contributed by atoms with Gasteiger partial charge < -0.3 is 10.1 Å². The van der Waals surface area contributed by atoms with Crippen molar-refractivity contribution in [3.63, 3.8) is 0 Å². The second-order valence-corrected chi connectivity index (χ2v) is 8.40. The van der Waals surface area contributed by atoms with Crippen molar-refractivity contribution in [1.29, 1.82) is 0 Å². The number of nitrogens with one attached hydrogen (secondary N) is 1. The summed E-state index contributed by atoms with van der Waals surface area (Å²) in [6.07, 6.45) is 1.69. The Morgan fingerprint density at radius 3 is 2.67 bits per heavy atom. The van der Waals surface area contributed by atoms with Crippen molar-refractivity contribution in [2.75, 3.05) is 31.6 Å². The van der Waals surface area contributed by atoms with Crippen LogP contribution in [0.1, 0.15) is 16.2 Å². The fourth-order valence-electron chi connectivity index (χ4n) is 3.94. The molecule has 0 radical (unpaired) electrons. The number of nitrogens with zero attached hydrogens (tertiary/aromatic N) is 3. The normalized spacial score (nSPS) is 14.3. The molecule has 0 unspecified atom stereocenters. The molecule has 1 aliphatic heterocycles. The van der Waals surface area contributed by atoms with Crippen molar-refractivity contribution in [2.45, 2.75) is 6.54 Å². The number of aromatic nitrogens is 2. The zero-order valence-electron chi connectivity index (χ0n) is 18.0. The summed E-state index contributed by atoms with van der Waals surface area (Å²) in [6, 6.07) is 21.0. The fourth-order valence-corrected chi connectivity index (χ4v) is 4.13. The van der Waals surface area contributed by atoms with Crippen molar-refractivity contribution < 1.29 is 9.53 Å². The third kappa shape index (κ3) is 5.03. The Kier molecular flexibility index (Phi) is 6.30. The lowest BCUT2D eigenvalue weighted by atomic mass is 10.0. The van der Waals surface area contributed by atoms with Crippen molar-refractivity contribution in [3.05, 3.63) is 89.3 Å². The predicted molar refractivity (Wildman–Crippen MR) is 130 cm³/mol. The first-order chi connectivity index (χ1) is 16.2. The first kappa shape index (κ1) is 21.5. The number of carbonyl (C=O) groups excluding carboxylic acids is 1. The number of morpholine rings is 1. The summed E-state index contributed by atoms with van der Waals surface area (Å²) >= 11 is 6.18. The molecule has 2 aromatic carbocycles.